The van der Waals surface area contributed by atoms with Crippen LogP contribution >= 0.6 is 25.3 Å². The van der Waals surface area contributed by atoms with E-state index in [-0.39, 0.29) is 12.1 Å². The normalized spacial score (nSPS) is 16.5. The summed E-state index contributed by atoms with van der Waals surface area (Å²) in [5, 5.41) is 0. The Balaban J connectivity index is 3.77. The molecular formula is C10H6F9NS2. The molecule has 0 aliphatic carbocycles. The fourth-order valence-corrected chi connectivity index (χ4v) is 2.15. The van der Waals surface area contributed by atoms with Gasteiger partial charge in [-0.05, 0) is 12.1 Å². The molecule has 2 N–H and O–H groups in total. The van der Waals surface area contributed by atoms with Gasteiger partial charge in [-0.3, -0.25) is 0 Å². The average Bonchev–Trinajstić information content (AvgIpc) is 2.31. The van der Waals surface area contributed by atoms with Crippen LogP contribution in [0.4, 0.5) is 45.2 Å². The van der Waals surface area contributed by atoms with Crippen molar-refractivity contribution in [2.24, 2.45) is 0 Å². The number of anilines is 1. The van der Waals surface area contributed by atoms with Crippen molar-refractivity contribution < 1.29 is 39.5 Å². The Kier molecular flexibility index (Phi) is 4.63. The van der Waals surface area contributed by atoms with Crippen molar-refractivity contribution in [1.82, 2.24) is 0 Å². The van der Waals surface area contributed by atoms with Crippen LogP contribution < -0.4 is 5.73 Å². The fourth-order valence-electron chi connectivity index (χ4n) is 1.54. The molecule has 0 bridgehead atoms. The van der Waals surface area contributed by atoms with Gasteiger partial charge < -0.3 is 5.73 Å². The van der Waals surface area contributed by atoms with Gasteiger partial charge in [0, 0.05) is 15.4 Å². The molecule has 1 atom stereocenters. The average molecular weight is 375 g/mol. The highest BCUT2D eigenvalue weighted by Gasteiger charge is 2.81. The van der Waals surface area contributed by atoms with Crippen LogP contribution in [0.2, 0.25) is 0 Å². The number of rotatable bonds is 2. The summed E-state index contributed by atoms with van der Waals surface area (Å²) in [7, 11) is 0. The van der Waals surface area contributed by atoms with Crippen molar-refractivity contribution in [3.63, 3.8) is 0 Å². The molecule has 126 valence electrons. The van der Waals surface area contributed by atoms with E-state index in [1.165, 1.54) is 0 Å². The third-order valence-corrected chi connectivity index (χ3v) is 3.45. The Morgan fingerprint density at radius 1 is 0.727 bits per heavy atom. The SMILES string of the molecule is Nc1c(S)cc(C(F)(C(F)(F)F)C(F)(F)C(F)(F)F)cc1S. The maximum Gasteiger partial charge on any atom is 0.457 e. The molecule has 12 heteroatoms. The first-order valence-electron chi connectivity index (χ1n) is 5.09. The summed E-state index contributed by atoms with van der Waals surface area (Å²) in [5.74, 6) is -6.74. The molecule has 0 aliphatic rings. The molecular weight excluding hydrogens is 369 g/mol. The predicted octanol–water partition coefficient (Wildman–Crippen LogP) is 4.77. The lowest BCUT2D eigenvalue weighted by Crippen LogP contribution is -2.59. The van der Waals surface area contributed by atoms with Crippen molar-refractivity contribution in [1.29, 1.82) is 0 Å². The number of halogens is 9. The van der Waals surface area contributed by atoms with E-state index in [0.29, 0.717) is 0 Å². The molecule has 0 aromatic heterocycles. The molecule has 0 heterocycles. The highest BCUT2D eigenvalue weighted by Crippen LogP contribution is 2.58. The van der Waals surface area contributed by atoms with Gasteiger partial charge in [0.05, 0.1) is 5.69 Å². The second kappa shape index (κ2) is 5.32. The minimum atomic E-state index is -6.79. The molecule has 0 spiro atoms. The van der Waals surface area contributed by atoms with E-state index in [9.17, 15) is 39.5 Å². The van der Waals surface area contributed by atoms with Crippen molar-refractivity contribution in [3.05, 3.63) is 17.7 Å². The summed E-state index contributed by atoms with van der Waals surface area (Å²) in [4.78, 5) is -1.27. The molecule has 0 saturated carbocycles. The molecule has 1 rings (SSSR count). The van der Waals surface area contributed by atoms with Gasteiger partial charge in [0.25, 0.3) is 0 Å². The molecule has 0 radical (unpaired) electrons. The Morgan fingerprint density at radius 3 is 1.36 bits per heavy atom. The van der Waals surface area contributed by atoms with Gasteiger partial charge >= 0.3 is 23.9 Å². The number of alkyl halides is 9. The van der Waals surface area contributed by atoms with Crippen LogP contribution in [0.15, 0.2) is 21.9 Å². The van der Waals surface area contributed by atoms with Crippen LogP contribution in [-0.4, -0.2) is 18.3 Å². The zero-order valence-corrected chi connectivity index (χ0v) is 11.8. The number of hydrogen-bond acceptors (Lipinski definition) is 3. The Labute approximate surface area is 128 Å². The second-order valence-corrected chi connectivity index (χ2v) is 5.12. The number of hydrogen-bond donors (Lipinski definition) is 3. The van der Waals surface area contributed by atoms with Gasteiger partial charge in [-0.25, -0.2) is 4.39 Å². The minimum Gasteiger partial charge on any atom is -0.397 e. The summed E-state index contributed by atoms with van der Waals surface area (Å²) in [5.41, 5.74) is -3.21. The van der Waals surface area contributed by atoms with Crippen molar-refractivity contribution in [2.75, 3.05) is 5.73 Å². The third-order valence-electron chi connectivity index (χ3n) is 2.71. The largest absolute Gasteiger partial charge is 0.457 e. The van der Waals surface area contributed by atoms with Crippen LogP contribution in [-0.2, 0) is 5.67 Å². The number of nitrogen functional groups attached to an aromatic ring is 1. The second-order valence-electron chi connectivity index (χ2n) is 4.16. The Bertz CT molecular complexity index is 558. The van der Waals surface area contributed by atoms with Gasteiger partial charge in [-0.2, -0.15) is 35.1 Å². The molecule has 0 amide bonds. The maximum atomic E-state index is 14.1. The lowest BCUT2D eigenvalue weighted by molar-refractivity contribution is -0.389. The van der Waals surface area contributed by atoms with Gasteiger partial charge in [0.1, 0.15) is 0 Å². The van der Waals surface area contributed by atoms with Gasteiger partial charge in [-0.15, -0.1) is 25.3 Å². The van der Waals surface area contributed by atoms with Crippen molar-refractivity contribution in [2.45, 2.75) is 33.7 Å². The third kappa shape index (κ3) is 2.70. The molecule has 0 aliphatic heterocycles. The number of nitrogens with two attached hydrogens (primary N) is 1. The molecule has 0 fully saturated rings. The summed E-state index contributed by atoms with van der Waals surface area (Å²) >= 11 is 7.00. The quantitative estimate of drug-likeness (QED) is 0.388. The van der Waals surface area contributed by atoms with Crippen molar-refractivity contribution in [3.8, 4) is 0 Å². The first-order valence-corrected chi connectivity index (χ1v) is 5.99. The summed E-state index contributed by atoms with van der Waals surface area (Å²) in [6.45, 7) is 0. The van der Waals surface area contributed by atoms with Crippen LogP contribution in [0.25, 0.3) is 0 Å². The molecule has 1 aromatic carbocycles. The number of thiol groups is 2. The van der Waals surface area contributed by atoms with Crippen molar-refractivity contribution >= 4 is 30.9 Å². The van der Waals surface area contributed by atoms with E-state index in [4.69, 9.17) is 5.73 Å². The number of benzene rings is 1. The van der Waals surface area contributed by atoms with E-state index in [0.717, 1.165) is 0 Å². The predicted molar refractivity (Wildman–Crippen MR) is 65.2 cm³/mol. The van der Waals surface area contributed by atoms with Crippen LogP contribution in [0.1, 0.15) is 5.56 Å². The van der Waals surface area contributed by atoms with E-state index >= 15 is 0 Å². The molecule has 1 unspecified atom stereocenters. The van der Waals surface area contributed by atoms with Crippen LogP contribution in [0.3, 0.4) is 0 Å². The topological polar surface area (TPSA) is 26.0 Å². The Hall–Kier alpha value is -0.910. The molecule has 1 aromatic rings. The van der Waals surface area contributed by atoms with E-state index < -0.39 is 45.0 Å². The summed E-state index contributed by atoms with van der Waals surface area (Å²) < 4.78 is 116. The Morgan fingerprint density at radius 2 is 1.09 bits per heavy atom. The highest BCUT2D eigenvalue weighted by molar-refractivity contribution is 7.81. The smallest absolute Gasteiger partial charge is 0.397 e. The lowest BCUT2D eigenvalue weighted by atomic mass is 9.87. The van der Waals surface area contributed by atoms with E-state index in [2.05, 4.69) is 25.3 Å². The van der Waals surface area contributed by atoms with E-state index in [1.807, 2.05) is 0 Å². The van der Waals surface area contributed by atoms with Crippen LogP contribution in [0.5, 0.6) is 0 Å². The molecule has 22 heavy (non-hydrogen) atoms. The fraction of sp³-hybridized carbons (Fsp3) is 0.400. The lowest BCUT2D eigenvalue weighted by Gasteiger charge is -2.36. The summed E-state index contributed by atoms with van der Waals surface area (Å²) in [6, 6.07) is 0.0939. The van der Waals surface area contributed by atoms with Gasteiger partial charge in [0.2, 0.25) is 0 Å². The zero-order chi connectivity index (χ0) is 17.7. The standard InChI is InChI=1S/C10H6F9NS2/c11-7(9(14,15)16,8(12,13)10(17,18)19)3-1-4(21)6(20)5(22)2-3/h1-2,21-22H,20H2. The first-order chi connectivity index (χ1) is 9.57. The van der Waals surface area contributed by atoms with E-state index in [1.54, 1.807) is 0 Å². The molecule has 0 saturated heterocycles. The minimum absolute atomic E-state index is 0.0469. The van der Waals surface area contributed by atoms with Gasteiger partial charge in [-0.1, -0.05) is 0 Å². The summed E-state index contributed by atoms with van der Waals surface area (Å²) in [6.07, 6.45) is -13.4. The van der Waals surface area contributed by atoms with Crippen LogP contribution in [0, 0.1) is 0 Å². The first kappa shape index (κ1) is 19.1. The van der Waals surface area contributed by atoms with Gasteiger partial charge in [0.15, 0.2) is 0 Å². The monoisotopic (exact) mass is 375 g/mol. The maximum absolute atomic E-state index is 14.1. The zero-order valence-electron chi connectivity index (χ0n) is 10.0. The highest BCUT2D eigenvalue weighted by atomic mass is 32.1. The molecule has 1 nitrogen and oxygen atoms in total.